The van der Waals surface area contributed by atoms with E-state index in [1.54, 1.807) is 11.8 Å². The van der Waals surface area contributed by atoms with Crippen molar-refractivity contribution >= 4 is 17.7 Å². The SMILES string of the molecule is O=C([C@H]1CSc2ccccc2O1)N1CCN(CCO)CC1. The molecule has 6 heteroatoms. The second-order valence-corrected chi connectivity index (χ2v) is 6.32. The Bertz CT molecular complexity index is 503. The Morgan fingerprint density at radius 3 is 2.81 bits per heavy atom. The summed E-state index contributed by atoms with van der Waals surface area (Å²) in [5.41, 5.74) is 0. The van der Waals surface area contributed by atoms with Gasteiger partial charge < -0.3 is 14.7 Å². The largest absolute Gasteiger partial charge is 0.479 e. The smallest absolute Gasteiger partial charge is 0.264 e. The molecule has 114 valence electrons. The van der Waals surface area contributed by atoms with E-state index in [2.05, 4.69) is 4.90 Å². The lowest BCUT2D eigenvalue weighted by atomic mass is 10.2. The predicted molar refractivity (Wildman–Crippen MR) is 81.7 cm³/mol. The Labute approximate surface area is 128 Å². The van der Waals surface area contributed by atoms with Crippen LogP contribution in [0.1, 0.15) is 0 Å². The summed E-state index contributed by atoms with van der Waals surface area (Å²) >= 11 is 1.68. The second-order valence-electron chi connectivity index (χ2n) is 5.25. The Morgan fingerprint density at radius 2 is 2.05 bits per heavy atom. The van der Waals surface area contributed by atoms with E-state index in [9.17, 15) is 4.79 Å². The van der Waals surface area contributed by atoms with E-state index in [1.807, 2.05) is 29.2 Å². The molecule has 2 heterocycles. The van der Waals surface area contributed by atoms with Gasteiger partial charge in [-0.05, 0) is 12.1 Å². The van der Waals surface area contributed by atoms with E-state index in [0.717, 1.165) is 23.7 Å². The van der Waals surface area contributed by atoms with Gasteiger partial charge in [0.2, 0.25) is 0 Å². The molecule has 0 unspecified atom stereocenters. The molecule has 1 fully saturated rings. The number of hydrogen-bond donors (Lipinski definition) is 1. The molecule has 5 nitrogen and oxygen atoms in total. The molecule has 21 heavy (non-hydrogen) atoms. The molecule has 1 aromatic carbocycles. The van der Waals surface area contributed by atoms with Crippen molar-refractivity contribution in [2.75, 3.05) is 45.1 Å². The molecule has 0 spiro atoms. The maximum absolute atomic E-state index is 12.5. The molecule has 0 aromatic heterocycles. The highest BCUT2D eigenvalue weighted by Gasteiger charge is 2.31. The molecule has 0 radical (unpaired) electrons. The van der Waals surface area contributed by atoms with Crippen LogP contribution in [0.4, 0.5) is 0 Å². The third-order valence-electron chi connectivity index (χ3n) is 3.88. The molecule has 1 N–H and O–H groups in total. The molecule has 1 atom stereocenters. The summed E-state index contributed by atoms with van der Waals surface area (Å²) in [4.78, 5) is 17.7. The summed E-state index contributed by atoms with van der Waals surface area (Å²) in [6, 6.07) is 7.85. The van der Waals surface area contributed by atoms with Crippen molar-refractivity contribution in [3.63, 3.8) is 0 Å². The number of rotatable bonds is 3. The van der Waals surface area contributed by atoms with Gasteiger partial charge in [-0.3, -0.25) is 9.69 Å². The summed E-state index contributed by atoms with van der Waals surface area (Å²) in [7, 11) is 0. The van der Waals surface area contributed by atoms with Crippen molar-refractivity contribution in [1.29, 1.82) is 0 Å². The quantitative estimate of drug-likeness (QED) is 0.890. The van der Waals surface area contributed by atoms with Crippen LogP contribution in [-0.2, 0) is 4.79 Å². The molecular formula is C15H20N2O3S. The first-order chi connectivity index (χ1) is 10.3. The van der Waals surface area contributed by atoms with Gasteiger partial charge in [0.1, 0.15) is 5.75 Å². The fraction of sp³-hybridized carbons (Fsp3) is 0.533. The van der Waals surface area contributed by atoms with Crippen LogP contribution in [-0.4, -0.2) is 72.0 Å². The third kappa shape index (κ3) is 3.33. The number of carbonyl (C=O) groups is 1. The second kappa shape index (κ2) is 6.68. The van der Waals surface area contributed by atoms with Gasteiger partial charge in [0.05, 0.1) is 6.61 Å². The molecule has 0 saturated carbocycles. The fourth-order valence-corrected chi connectivity index (χ4v) is 3.65. The molecule has 2 aliphatic heterocycles. The maximum atomic E-state index is 12.5. The van der Waals surface area contributed by atoms with Gasteiger partial charge in [-0.1, -0.05) is 12.1 Å². The van der Waals surface area contributed by atoms with Gasteiger partial charge in [0.25, 0.3) is 5.91 Å². The molecule has 0 aliphatic carbocycles. The first-order valence-electron chi connectivity index (χ1n) is 7.28. The first kappa shape index (κ1) is 14.7. The summed E-state index contributed by atoms with van der Waals surface area (Å²) in [6.07, 6.45) is -0.380. The number of fused-ring (bicyclic) bond motifs is 1. The van der Waals surface area contributed by atoms with E-state index in [0.29, 0.717) is 25.4 Å². The number of β-amino-alcohol motifs (C(OH)–C–C–N with tert-alkyl or cyclic N) is 1. The van der Waals surface area contributed by atoms with Crippen molar-refractivity contribution < 1.29 is 14.6 Å². The third-order valence-corrected chi connectivity index (χ3v) is 5.00. The fourth-order valence-electron chi connectivity index (χ4n) is 2.68. The standard InChI is InChI=1S/C15H20N2O3S/c18-10-9-16-5-7-17(8-6-16)15(19)13-11-21-14-4-2-1-3-12(14)20-13/h1-4,13,18H,5-11H2/t13-/m1/s1. The van der Waals surface area contributed by atoms with E-state index in [4.69, 9.17) is 9.84 Å². The average Bonchev–Trinajstić information content (AvgIpc) is 2.55. The van der Waals surface area contributed by atoms with Crippen LogP contribution < -0.4 is 4.74 Å². The summed E-state index contributed by atoms with van der Waals surface area (Å²) in [5.74, 6) is 1.57. The van der Waals surface area contributed by atoms with Gasteiger partial charge >= 0.3 is 0 Å². The highest BCUT2D eigenvalue weighted by molar-refractivity contribution is 7.99. The van der Waals surface area contributed by atoms with Crippen LogP contribution in [0.3, 0.4) is 0 Å². The number of amides is 1. The van der Waals surface area contributed by atoms with Crippen LogP contribution in [0, 0.1) is 0 Å². The summed E-state index contributed by atoms with van der Waals surface area (Å²) < 4.78 is 5.86. The highest BCUT2D eigenvalue weighted by atomic mass is 32.2. The predicted octanol–water partition coefficient (Wildman–Crippen LogP) is 0.676. The number of nitrogens with zero attached hydrogens (tertiary/aromatic N) is 2. The molecule has 1 amide bonds. The number of carbonyl (C=O) groups excluding carboxylic acids is 1. The Balaban J connectivity index is 1.57. The van der Waals surface area contributed by atoms with Crippen LogP contribution in [0.2, 0.25) is 0 Å². The summed E-state index contributed by atoms with van der Waals surface area (Å²) in [6.45, 7) is 3.93. The molecule has 0 bridgehead atoms. The van der Waals surface area contributed by atoms with Gasteiger partial charge in [-0.15, -0.1) is 11.8 Å². The van der Waals surface area contributed by atoms with E-state index >= 15 is 0 Å². The van der Waals surface area contributed by atoms with Crippen LogP contribution in [0.15, 0.2) is 29.2 Å². The lowest BCUT2D eigenvalue weighted by Crippen LogP contribution is -2.53. The molecular weight excluding hydrogens is 288 g/mol. The van der Waals surface area contributed by atoms with Crippen molar-refractivity contribution in [3.8, 4) is 5.75 Å². The van der Waals surface area contributed by atoms with Gasteiger partial charge in [-0.2, -0.15) is 0 Å². The maximum Gasteiger partial charge on any atom is 0.264 e. The zero-order valence-electron chi connectivity index (χ0n) is 11.9. The topological polar surface area (TPSA) is 53.0 Å². The Hall–Kier alpha value is -1.24. The Morgan fingerprint density at radius 1 is 1.29 bits per heavy atom. The van der Waals surface area contributed by atoms with Gasteiger partial charge in [0, 0.05) is 43.4 Å². The summed E-state index contributed by atoms with van der Waals surface area (Å²) in [5, 5.41) is 8.95. The molecule has 2 aliphatic rings. The van der Waals surface area contributed by atoms with Gasteiger partial charge in [0.15, 0.2) is 6.10 Å². The number of hydrogen-bond acceptors (Lipinski definition) is 5. The van der Waals surface area contributed by atoms with Crippen LogP contribution >= 0.6 is 11.8 Å². The van der Waals surface area contributed by atoms with E-state index in [-0.39, 0.29) is 18.6 Å². The number of piperazine rings is 1. The number of ether oxygens (including phenoxy) is 1. The lowest BCUT2D eigenvalue weighted by molar-refractivity contribution is -0.139. The van der Waals surface area contributed by atoms with Crippen LogP contribution in [0.25, 0.3) is 0 Å². The minimum atomic E-state index is -0.380. The lowest BCUT2D eigenvalue weighted by Gasteiger charge is -2.36. The van der Waals surface area contributed by atoms with Crippen LogP contribution in [0.5, 0.6) is 5.75 Å². The minimum absolute atomic E-state index is 0.0839. The number of para-hydroxylation sites is 1. The van der Waals surface area contributed by atoms with E-state index in [1.165, 1.54) is 0 Å². The molecule has 1 saturated heterocycles. The van der Waals surface area contributed by atoms with Crippen molar-refractivity contribution in [1.82, 2.24) is 9.80 Å². The average molecular weight is 308 g/mol. The van der Waals surface area contributed by atoms with Crippen molar-refractivity contribution in [2.24, 2.45) is 0 Å². The highest BCUT2D eigenvalue weighted by Crippen LogP contribution is 2.35. The number of aliphatic hydroxyl groups excluding tert-OH is 1. The molecule has 3 rings (SSSR count). The van der Waals surface area contributed by atoms with Crippen molar-refractivity contribution in [3.05, 3.63) is 24.3 Å². The number of aliphatic hydroxyl groups is 1. The van der Waals surface area contributed by atoms with E-state index < -0.39 is 0 Å². The minimum Gasteiger partial charge on any atom is -0.479 e. The monoisotopic (exact) mass is 308 g/mol. The zero-order valence-corrected chi connectivity index (χ0v) is 12.7. The Kier molecular flexibility index (Phi) is 4.67. The zero-order chi connectivity index (χ0) is 14.7. The normalized spacial score (nSPS) is 22.5. The first-order valence-corrected chi connectivity index (χ1v) is 8.27. The van der Waals surface area contributed by atoms with Crippen molar-refractivity contribution in [2.45, 2.75) is 11.0 Å². The van der Waals surface area contributed by atoms with Gasteiger partial charge in [-0.25, -0.2) is 0 Å². The molecule has 1 aromatic rings. The number of benzene rings is 1. The number of thioether (sulfide) groups is 1.